The first kappa shape index (κ1) is 23.9. The van der Waals surface area contributed by atoms with Crippen molar-refractivity contribution in [2.75, 3.05) is 0 Å². The highest BCUT2D eigenvalue weighted by molar-refractivity contribution is 5.96. The van der Waals surface area contributed by atoms with Crippen molar-refractivity contribution in [3.05, 3.63) is 58.7 Å². The Balaban J connectivity index is 1.37. The van der Waals surface area contributed by atoms with Gasteiger partial charge in [0.05, 0.1) is 0 Å². The van der Waals surface area contributed by atoms with Crippen LogP contribution in [0.5, 0.6) is 11.5 Å². The topological polar surface area (TPSA) is 57.5 Å². The van der Waals surface area contributed by atoms with Gasteiger partial charge >= 0.3 is 0 Å². The van der Waals surface area contributed by atoms with Crippen LogP contribution in [-0.4, -0.2) is 16.0 Å². The summed E-state index contributed by atoms with van der Waals surface area (Å²) in [4.78, 5) is 13.0. The van der Waals surface area contributed by atoms with Crippen LogP contribution in [0.1, 0.15) is 98.7 Å². The van der Waals surface area contributed by atoms with E-state index in [0.717, 1.165) is 54.6 Å². The Kier molecular flexibility index (Phi) is 7.16. The molecule has 0 radical (unpaired) electrons. The molecular weight excluding hydrogens is 408 g/mol. The minimum absolute atomic E-state index is 0.0663. The van der Waals surface area contributed by atoms with Gasteiger partial charge in [-0.1, -0.05) is 38.5 Å². The van der Waals surface area contributed by atoms with Gasteiger partial charge in [0.15, 0.2) is 17.3 Å². The Morgan fingerprint density at radius 2 is 1.64 bits per heavy atom. The molecule has 3 unspecified atom stereocenters. The molecule has 2 saturated carbocycles. The van der Waals surface area contributed by atoms with Crippen molar-refractivity contribution in [1.29, 1.82) is 0 Å². The number of phenolic OH excluding ortho intramolecular Hbond substituents is 2. The van der Waals surface area contributed by atoms with Gasteiger partial charge in [-0.3, -0.25) is 4.79 Å². The van der Waals surface area contributed by atoms with Gasteiger partial charge in [-0.25, -0.2) is 0 Å². The van der Waals surface area contributed by atoms with Gasteiger partial charge in [-0.15, -0.1) is 0 Å². The van der Waals surface area contributed by atoms with Gasteiger partial charge in [0, 0.05) is 12.0 Å². The number of hydrogen-bond donors (Lipinski definition) is 2. The lowest BCUT2D eigenvalue weighted by atomic mass is 9.54. The van der Waals surface area contributed by atoms with Crippen LogP contribution in [-0.2, 0) is 11.8 Å². The minimum atomic E-state index is -0.0813. The number of unbranched alkanes of at least 4 members (excludes halogenated alkanes) is 2. The summed E-state index contributed by atoms with van der Waals surface area (Å²) >= 11 is 0. The molecule has 0 aromatic heterocycles. The fraction of sp³-hybridized carbons (Fsp3) is 0.567. The van der Waals surface area contributed by atoms with Gasteiger partial charge < -0.3 is 10.2 Å². The van der Waals surface area contributed by atoms with Gasteiger partial charge in [-0.2, -0.15) is 0 Å². The number of aromatic hydroxyl groups is 2. The number of benzene rings is 2. The zero-order chi connectivity index (χ0) is 23.6. The van der Waals surface area contributed by atoms with E-state index in [1.807, 2.05) is 12.1 Å². The Bertz CT molecular complexity index is 973. The highest BCUT2D eigenvalue weighted by Gasteiger charge is 2.45. The van der Waals surface area contributed by atoms with E-state index >= 15 is 0 Å². The third kappa shape index (κ3) is 5.45. The van der Waals surface area contributed by atoms with Crippen LogP contribution in [0.15, 0.2) is 36.4 Å². The SMILES string of the molecule is Cc1ccc(C(=O)CCCCCc2ccc(O)c(O)c2)cc1C12CC(C)CC(C[C@H](C)C1)C2. The lowest BCUT2D eigenvalue weighted by Gasteiger charge is -2.51. The molecule has 0 heterocycles. The van der Waals surface area contributed by atoms with Crippen molar-refractivity contribution >= 4 is 5.78 Å². The molecule has 2 N–H and O–H groups in total. The molecule has 33 heavy (non-hydrogen) atoms. The molecule has 3 heteroatoms. The Labute approximate surface area is 199 Å². The molecular formula is C30H40O3. The number of rotatable bonds is 8. The van der Waals surface area contributed by atoms with Crippen molar-refractivity contribution in [2.24, 2.45) is 17.8 Å². The van der Waals surface area contributed by atoms with Gasteiger partial charge in [0.2, 0.25) is 0 Å². The molecule has 2 aliphatic rings. The van der Waals surface area contributed by atoms with Crippen LogP contribution in [0, 0.1) is 24.7 Å². The largest absolute Gasteiger partial charge is 0.504 e. The Morgan fingerprint density at radius 1 is 0.909 bits per heavy atom. The molecule has 0 aliphatic heterocycles. The maximum atomic E-state index is 13.0. The van der Waals surface area contributed by atoms with E-state index in [1.165, 1.54) is 49.3 Å². The fourth-order valence-electron chi connectivity index (χ4n) is 7.06. The summed E-state index contributed by atoms with van der Waals surface area (Å²) in [6.07, 6.45) is 10.8. The number of Topliss-reactive ketones (excluding diaryl/α,β-unsaturated/α-hetero) is 1. The first-order valence-electron chi connectivity index (χ1n) is 12.9. The molecule has 178 valence electrons. The smallest absolute Gasteiger partial charge is 0.162 e. The van der Waals surface area contributed by atoms with E-state index in [0.29, 0.717) is 6.42 Å². The summed E-state index contributed by atoms with van der Waals surface area (Å²) in [5.41, 5.74) is 4.97. The third-order valence-electron chi connectivity index (χ3n) is 8.17. The first-order chi connectivity index (χ1) is 15.8. The first-order valence-corrected chi connectivity index (χ1v) is 12.9. The molecule has 2 bridgehead atoms. The third-order valence-corrected chi connectivity index (χ3v) is 8.17. The number of carbonyl (C=O) groups excluding carboxylic acids is 1. The predicted molar refractivity (Wildman–Crippen MR) is 134 cm³/mol. The number of phenols is 2. The number of aryl methyl sites for hydroxylation is 2. The lowest BCUT2D eigenvalue weighted by molar-refractivity contribution is 0.0775. The second-order valence-electron chi connectivity index (χ2n) is 11.3. The molecule has 2 fully saturated rings. The number of carbonyl (C=O) groups is 1. The summed E-state index contributed by atoms with van der Waals surface area (Å²) in [7, 11) is 0. The minimum Gasteiger partial charge on any atom is -0.504 e. The molecule has 0 spiro atoms. The quantitative estimate of drug-likeness (QED) is 0.250. The summed E-state index contributed by atoms with van der Waals surface area (Å²) < 4.78 is 0. The highest BCUT2D eigenvalue weighted by atomic mass is 16.3. The number of hydrogen-bond acceptors (Lipinski definition) is 3. The van der Waals surface area contributed by atoms with Crippen molar-refractivity contribution in [1.82, 2.24) is 0 Å². The van der Waals surface area contributed by atoms with E-state index in [9.17, 15) is 15.0 Å². The van der Waals surface area contributed by atoms with E-state index in [2.05, 4.69) is 32.9 Å². The molecule has 2 aromatic carbocycles. The molecule has 3 nitrogen and oxygen atoms in total. The van der Waals surface area contributed by atoms with Crippen molar-refractivity contribution < 1.29 is 15.0 Å². The molecule has 4 rings (SSSR count). The molecule has 4 atom stereocenters. The molecule has 0 saturated heterocycles. The van der Waals surface area contributed by atoms with E-state index in [1.54, 1.807) is 6.07 Å². The van der Waals surface area contributed by atoms with Gasteiger partial charge in [0.1, 0.15) is 0 Å². The van der Waals surface area contributed by atoms with Crippen molar-refractivity contribution in [3.8, 4) is 11.5 Å². The van der Waals surface area contributed by atoms with Gasteiger partial charge in [0.25, 0.3) is 0 Å². The predicted octanol–water partition coefficient (Wildman–Crippen LogP) is 7.50. The van der Waals surface area contributed by atoms with Crippen LogP contribution in [0.25, 0.3) is 0 Å². The average molecular weight is 449 g/mol. The van der Waals surface area contributed by atoms with E-state index < -0.39 is 0 Å². The molecule has 2 aliphatic carbocycles. The van der Waals surface area contributed by atoms with Crippen molar-refractivity contribution in [3.63, 3.8) is 0 Å². The maximum Gasteiger partial charge on any atom is 0.162 e. The van der Waals surface area contributed by atoms with Gasteiger partial charge in [-0.05, 0) is 116 Å². The zero-order valence-corrected chi connectivity index (χ0v) is 20.6. The molecule has 2 aromatic rings. The van der Waals surface area contributed by atoms with Crippen LogP contribution in [0.2, 0.25) is 0 Å². The monoisotopic (exact) mass is 448 g/mol. The second kappa shape index (κ2) is 9.91. The zero-order valence-electron chi connectivity index (χ0n) is 20.6. The van der Waals surface area contributed by atoms with E-state index in [-0.39, 0.29) is 22.7 Å². The second-order valence-corrected chi connectivity index (χ2v) is 11.3. The summed E-state index contributed by atoms with van der Waals surface area (Å²) in [6, 6.07) is 11.5. The standard InChI is InChI=1S/C30H40O3/c1-20-13-24-14-21(2)18-30(17-20,19-24)26-16-25(11-9-22(26)3)27(31)8-6-4-5-7-23-10-12-28(32)29(33)15-23/h9-12,15-16,20-21,24,32-33H,4-8,13-14,17-19H2,1-3H3/t20-,21?,24?,30?/m0/s1. The van der Waals surface area contributed by atoms with Crippen LogP contribution < -0.4 is 0 Å². The van der Waals surface area contributed by atoms with Crippen LogP contribution in [0.4, 0.5) is 0 Å². The normalized spacial score (nSPS) is 26.8. The summed E-state index contributed by atoms with van der Waals surface area (Å²) in [6.45, 7) is 7.06. The molecule has 0 amide bonds. The van der Waals surface area contributed by atoms with Crippen LogP contribution >= 0.6 is 0 Å². The Hall–Kier alpha value is -2.29. The number of ketones is 1. The lowest BCUT2D eigenvalue weighted by Crippen LogP contribution is -2.42. The summed E-state index contributed by atoms with van der Waals surface area (Å²) in [5, 5.41) is 19.1. The summed E-state index contributed by atoms with van der Waals surface area (Å²) in [5.74, 6) is 2.49. The number of fused-ring (bicyclic) bond motifs is 2. The fourth-order valence-corrected chi connectivity index (χ4v) is 7.06. The van der Waals surface area contributed by atoms with Crippen LogP contribution in [0.3, 0.4) is 0 Å². The Morgan fingerprint density at radius 3 is 2.33 bits per heavy atom. The average Bonchev–Trinajstić information content (AvgIpc) is 2.75. The highest BCUT2D eigenvalue weighted by Crippen LogP contribution is 2.54. The van der Waals surface area contributed by atoms with Crippen molar-refractivity contribution in [2.45, 2.75) is 90.4 Å². The van der Waals surface area contributed by atoms with E-state index in [4.69, 9.17) is 0 Å². The maximum absolute atomic E-state index is 13.0.